The third-order valence-corrected chi connectivity index (χ3v) is 7.30. The van der Waals surface area contributed by atoms with Gasteiger partial charge >= 0.3 is 0 Å². The lowest BCUT2D eigenvalue weighted by atomic mass is 10.1. The molecule has 0 radical (unpaired) electrons. The van der Waals surface area contributed by atoms with E-state index in [9.17, 15) is 4.79 Å². The molecule has 1 fully saturated rings. The van der Waals surface area contributed by atoms with Gasteiger partial charge in [0.05, 0.1) is 23.7 Å². The van der Waals surface area contributed by atoms with Crippen LogP contribution >= 0.6 is 11.3 Å². The molecule has 1 saturated heterocycles. The Balaban J connectivity index is 1.43. The molecule has 0 N–H and O–H groups in total. The minimum absolute atomic E-state index is 0.198. The van der Waals surface area contributed by atoms with Gasteiger partial charge in [-0.05, 0) is 30.0 Å². The molecule has 0 saturated carbocycles. The molecule has 7 nitrogen and oxygen atoms in total. The summed E-state index contributed by atoms with van der Waals surface area (Å²) in [6.07, 6.45) is 4.48. The van der Waals surface area contributed by atoms with Crippen molar-refractivity contribution in [1.82, 2.24) is 24.6 Å². The van der Waals surface area contributed by atoms with E-state index < -0.39 is 0 Å². The Morgan fingerprint density at radius 2 is 1.85 bits per heavy atom. The number of anilines is 1. The number of benzene rings is 1. The average molecular weight is 475 g/mol. The molecule has 0 aliphatic carbocycles. The van der Waals surface area contributed by atoms with Crippen molar-refractivity contribution in [2.75, 3.05) is 31.1 Å². The number of piperazine rings is 1. The highest BCUT2D eigenvalue weighted by atomic mass is 32.1. The van der Waals surface area contributed by atoms with Crippen LogP contribution in [-0.2, 0) is 11.2 Å². The Morgan fingerprint density at radius 3 is 2.56 bits per heavy atom. The first-order chi connectivity index (χ1) is 16.6. The molecule has 1 aromatic carbocycles. The van der Waals surface area contributed by atoms with Gasteiger partial charge in [0.15, 0.2) is 5.65 Å². The first-order valence-corrected chi connectivity index (χ1v) is 12.9. The number of amides is 1. The van der Waals surface area contributed by atoms with Crippen molar-refractivity contribution in [3.8, 4) is 5.69 Å². The maximum atomic E-state index is 12.8. The van der Waals surface area contributed by atoms with E-state index in [0.29, 0.717) is 19.5 Å². The molecule has 176 valence electrons. The average Bonchev–Trinajstić information content (AvgIpc) is 3.54. The highest BCUT2D eigenvalue weighted by Gasteiger charge is 2.26. The summed E-state index contributed by atoms with van der Waals surface area (Å²) in [5, 5.41) is 7.65. The van der Waals surface area contributed by atoms with Gasteiger partial charge in [0.1, 0.15) is 11.6 Å². The molecule has 8 heteroatoms. The van der Waals surface area contributed by atoms with Crippen molar-refractivity contribution in [2.45, 2.75) is 39.0 Å². The van der Waals surface area contributed by atoms with E-state index in [-0.39, 0.29) is 11.8 Å². The molecule has 1 aliphatic rings. The van der Waals surface area contributed by atoms with E-state index in [1.807, 2.05) is 63.6 Å². The Morgan fingerprint density at radius 1 is 1.06 bits per heavy atom. The highest BCUT2D eigenvalue weighted by Crippen LogP contribution is 2.29. The molecule has 0 unspecified atom stereocenters. The second kappa shape index (κ2) is 9.93. The summed E-state index contributed by atoms with van der Waals surface area (Å²) in [5.74, 6) is 2.25. The molecular formula is C26H30N6OS. The molecule has 0 bridgehead atoms. The van der Waals surface area contributed by atoms with Crippen LogP contribution in [0.1, 0.15) is 43.3 Å². The standard InChI is InChI=1S/C26H30N6OS/c1-3-8-19(2)24-28-25(22-18-27-32(26(22)29-24)20-9-5-4-6-10-20)31-14-12-30(13-15-31)23(33)17-21-11-7-16-34-21/h4-7,9-11,16,18-19H,3,8,12-15,17H2,1-2H3/t19-/m1/s1. The van der Waals surface area contributed by atoms with Crippen LogP contribution in [0.4, 0.5) is 5.82 Å². The fourth-order valence-electron chi connectivity index (χ4n) is 4.53. The zero-order valence-electron chi connectivity index (χ0n) is 19.7. The van der Waals surface area contributed by atoms with Crippen LogP contribution in [0.5, 0.6) is 0 Å². The van der Waals surface area contributed by atoms with Crippen LogP contribution in [0, 0.1) is 0 Å². The van der Waals surface area contributed by atoms with E-state index in [1.54, 1.807) is 11.3 Å². The van der Waals surface area contributed by atoms with Gasteiger partial charge in [-0.2, -0.15) is 5.10 Å². The summed E-state index contributed by atoms with van der Waals surface area (Å²) < 4.78 is 1.91. The summed E-state index contributed by atoms with van der Waals surface area (Å²) in [5.41, 5.74) is 1.82. The van der Waals surface area contributed by atoms with E-state index >= 15 is 0 Å². The molecular weight excluding hydrogens is 444 g/mol. The number of aromatic nitrogens is 4. The minimum atomic E-state index is 0.198. The van der Waals surface area contributed by atoms with Gasteiger partial charge in [-0.3, -0.25) is 4.79 Å². The largest absolute Gasteiger partial charge is 0.352 e. The summed E-state index contributed by atoms with van der Waals surface area (Å²) in [7, 11) is 0. The summed E-state index contributed by atoms with van der Waals surface area (Å²) in [6, 6.07) is 14.1. The van der Waals surface area contributed by atoms with Crippen LogP contribution < -0.4 is 4.90 Å². The van der Waals surface area contributed by atoms with Crippen molar-refractivity contribution in [3.63, 3.8) is 0 Å². The third kappa shape index (κ3) is 4.55. The number of fused-ring (bicyclic) bond motifs is 1. The van der Waals surface area contributed by atoms with E-state index in [2.05, 4.69) is 23.8 Å². The van der Waals surface area contributed by atoms with Crippen molar-refractivity contribution >= 4 is 34.1 Å². The number of nitrogens with zero attached hydrogens (tertiary/aromatic N) is 6. The fraction of sp³-hybridized carbons (Fsp3) is 0.385. The van der Waals surface area contributed by atoms with Crippen LogP contribution in [-0.4, -0.2) is 56.7 Å². The zero-order valence-corrected chi connectivity index (χ0v) is 20.5. The summed E-state index contributed by atoms with van der Waals surface area (Å²) in [4.78, 5) is 28.2. The maximum absolute atomic E-state index is 12.8. The SMILES string of the molecule is CCC[C@@H](C)c1nc(N2CCN(C(=O)Cc3cccs3)CC2)c2cnn(-c3ccccc3)c2n1. The lowest BCUT2D eigenvalue weighted by molar-refractivity contribution is -0.130. The predicted octanol–water partition coefficient (Wildman–Crippen LogP) is 4.67. The number of hydrogen-bond acceptors (Lipinski definition) is 6. The molecule has 5 rings (SSSR count). The smallest absolute Gasteiger partial charge is 0.227 e. The molecule has 4 aromatic rings. The lowest BCUT2D eigenvalue weighted by Gasteiger charge is -2.35. The first-order valence-electron chi connectivity index (χ1n) is 12.0. The van der Waals surface area contributed by atoms with Gasteiger partial charge in [0.25, 0.3) is 0 Å². The van der Waals surface area contributed by atoms with Crippen molar-refractivity contribution in [2.24, 2.45) is 0 Å². The topological polar surface area (TPSA) is 67.2 Å². The summed E-state index contributed by atoms with van der Waals surface area (Å²) in [6.45, 7) is 7.28. The van der Waals surface area contributed by atoms with Gasteiger partial charge in [-0.25, -0.2) is 14.6 Å². The monoisotopic (exact) mass is 474 g/mol. The summed E-state index contributed by atoms with van der Waals surface area (Å²) >= 11 is 1.64. The fourth-order valence-corrected chi connectivity index (χ4v) is 5.23. The molecule has 34 heavy (non-hydrogen) atoms. The number of carbonyl (C=O) groups excluding carboxylic acids is 1. The normalized spacial score (nSPS) is 15.1. The van der Waals surface area contributed by atoms with Gasteiger partial charge in [0, 0.05) is 37.0 Å². The lowest BCUT2D eigenvalue weighted by Crippen LogP contribution is -2.49. The van der Waals surface area contributed by atoms with E-state index in [4.69, 9.17) is 9.97 Å². The van der Waals surface area contributed by atoms with Gasteiger partial charge in [-0.15, -0.1) is 11.3 Å². The second-order valence-electron chi connectivity index (χ2n) is 8.85. The highest BCUT2D eigenvalue weighted by molar-refractivity contribution is 7.10. The van der Waals surface area contributed by atoms with Gasteiger partial charge in [-0.1, -0.05) is 44.5 Å². The molecule has 0 spiro atoms. The first kappa shape index (κ1) is 22.5. The predicted molar refractivity (Wildman–Crippen MR) is 137 cm³/mol. The Bertz CT molecular complexity index is 1250. The molecule has 1 atom stereocenters. The number of thiophene rings is 1. The number of rotatable bonds is 7. The number of hydrogen-bond donors (Lipinski definition) is 0. The number of carbonyl (C=O) groups is 1. The minimum Gasteiger partial charge on any atom is -0.352 e. The van der Waals surface area contributed by atoms with Crippen LogP contribution in [0.2, 0.25) is 0 Å². The van der Waals surface area contributed by atoms with Gasteiger partial charge in [0.2, 0.25) is 5.91 Å². The third-order valence-electron chi connectivity index (χ3n) is 6.43. The van der Waals surface area contributed by atoms with Crippen LogP contribution in [0.25, 0.3) is 16.7 Å². The van der Waals surface area contributed by atoms with Gasteiger partial charge < -0.3 is 9.80 Å². The van der Waals surface area contributed by atoms with Crippen LogP contribution in [0.3, 0.4) is 0 Å². The molecule has 1 amide bonds. The molecule has 3 aromatic heterocycles. The number of para-hydroxylation sites is 1. The van der Waals surface area contributed by atoms with Crippen molar-refractivity contribution < 1.29 is 4.79 Å². The molecule has 1 aliphatic heterocycles. The van der Waals surface area contributed by atoms with Crippen molar-refractivity contribution in [3.05, 3.63) is 64.7 Å². The van der Waals surface area contributed by atoms with E-state index in [0.717, 1.165) is 59.2 Å². The van der Waals surface area contributed by atoms with E-state index in [1.165, 1.54) is 0 Å². The molecule has 4 heterocycles. The zero-order chi connectivity index (χ0) is 23.5. The van der Waals surface area contributed by atoms with Crippen LogP contribution in [0.15, 0.2) is 54.0 Å². The quantitative estimate of drug-likeness (QED) is 0.389. The maximum Gasteiger partial charge on any atom is 0.227 e. The second-order valence-corrected chi connectivity index (χ2v) is 9.88. The van der Waals surface area contributed by atoms with Crippen molar-refractivity contribution in [1.29, 1.82) is 0 Å². The Hall–Kier alpha value is -3.26. The Kier molecular flexibility index (Phi) is 6.58. The Labute approximate surface area is 204 Å².